The van der Waals surface area contributed by atoms with E-state index in [-0.39, 0.29) is 54.4 Å². The smallest absolute Gasteiger partial charge is 0.407 e. The van der Waals surface area contributed by atoms with Gasteiger partial charge in [-0.1, -0.05) is 25.4 Å². The average molecular weight is 552 g/mol. The molecule has 0 spiro atoms. The maximum absolute atomic E-state index is 12.9. The minimum absolute atomic E-state index is 0.110. The monoisotopic (exact) mass is 551 g/mol. The highest BCUT2D eigenvalue weighted by atomic mass is 35.5. The van der Waals surface area contributed by atoms with E-state index in [2.05, 4.69) is 10.1 Å². The lowest BCUT2D eigenvalue weighted by Crippen LogP contribution is -2.49. The van der Waals surface area contributed by atoms with Gasteiger partial charge in [0.25, 0.3) is 0 Å². The van der Waals surface area contributed by atoms with Gasteiger partial charge in [0.2, 0.25) is 11.8 Å². The van der Waals surface area contributed by atoms with Crippen LogP contribution in [-0.2, 0) is 27.3 Å². The third-order valence-corrected chi connectivity index (χ3v) is 8.63. The summed E-state index contributed by atoms with van der Waals surface area (Å²) >= 11 is 6.50. The Hall–Kier alpha value is -3.50. The standard InChI is InChI=1S/C28H30ClN5O5/c1-14-5-17(29)7-20(19(14)8-18-12-32(27(37)38)9-15(2)39-18)24-21-6-16(11-34(21)31-13-30-24)10-33-25(35)22-23(26(33)36)28(22,3)4/h5-7,11,13,15,18,22-23H,8-10,12H2,1-4H3,(H,37,38)/t15-,18?,22?,23?/m0/s1. The molecule has 1 saturated carbocycles. The summed E-state index contributed by atoms with van der Waals surface area (Å²) in [4.78, 5) is 44.8. The summed E-state index contributed by atoms with van der Waals surface area (Å²) in [7, 11) is 0. The number of piperidine rings is 1. The average Bonchev–Trinajstić information content (AvgIpc) is 3.10. The van der Waals surface area contributed by atoms with E-state index in [0.29, 0.717) is 29.2 Å². The summed E-state index contributed by atoms with van der Waals surface area (Å²) < 4.78 is 7.81. The summed E-state index contributed by atoms with van der Waals surface area (Å²) in [5, 5.41) is 14.5. The number of carbonyl (C=O) groups excluding carboxylic acids is 2. The van der Waals surface area contributed by atoms with Crippen LogP contribution in [0.1, 0.15) is 37.5 Å². The van der Waals surface area contributed by atoms with Crippen LogP contribution >= 0.6 is 11.6 Å². The van der Waals surface area contributed by atoms with Crippen molar-refractivity contribution in [3.05, 3.63) is 52.4 Å². The molecular weight excluding hydrogens is 522 g/mol. The molecule has 1 aromatic carbocycles. The molecule has 3 amide bonds. The highest BCUT2D eigenvalue weighted by Gasteiger charge is 2.72. The molecule has 1 aliphatic carbocycles. The van der Waals surface area contributed by atoms with E-state index in [4.69, 9.17) is 16.3 Å². The lowest BCUT2D eigenvalue weighted by molar-refractivity contribution is -0.143. The van der Waals surface area contributed by atoms with Crippen LogP contribution in [0.3, 0.4) is 0 Å². The van der Waals surface area contributed by atoms with Crippen LogP contribution in [0.2, 0.25) is 5.02 Å². The normalized spacial score (nSPS) is 25.9. The molecule has 4 atom stereocenters. The Labute approximate surface area is 230 Å². The van der Waals surface area contributed by atoms with Crippen molar-refractivity contribution in [2.45, 2.75) is 52.9 Å². The molecular formula is C28H30ClN5O5. The lowest BCUT2D eigenvalue weighted by atomic mass is 9.93. The van der Waals surface area contributed by atoms with Crippen molar-refractivity contribution in [2.75, 3.05) is 13.1 Å². The minimum Gasteiger partial charge on any atom is -0.465 e. The molecule has 3 fully saturated rings. The summed E-state index contributed by atoms with van der Waals surface area (Å²) in [6, 6.07) is 5.63. The van der Waals surface area contributed by atoms with Crippen molar-refractivity contribution in [3.63, 3.8) is 0 Å². The molecule has 3 aliphatic rings. The van der Waals surface area contributed by atoms with Crippen molar-refractivity contribution in [1.82, 2.24) is 24.4 Å². The van der Waals surface area contributed by atoms with Crippen LogP contribution in [0.15, 0.2) is 30.7 Å². The number of morpholine rings is 1. The SMILES string of the molecule is Cc1cc(Cl)cc(-c2ncnn3cc(CN4C(=O)C5C(C4=O)C5(C)C)cc23)c1CC1CN(C(=O)O)C[C@H](C)O1. The Bertz CT molecular complexity index is 1510. The minimum atomic E-state index is -0.961. The fourth-order valence-corrected chi connectivity index (χ4v) is 6.69. The van der Waals surface area contributed by atoms with Crippen molar-refractivity contribution in [1.29, 1.82) is 0 Å². The van der Waals surface area contributed by atoms with Gasteiger partial charge in [-0.2, -0.15) is 5.10 Å². The van der Waals surface area contributed by atoms with Gasteiger partial charge in [-0.3, -0.25) is 14.5 Å². The second-order valence-electron chi connectivity index (χ2n) is 11.5. The number of aryl methyl sites for hydroxylation is 1. The first-order chi connectivity index (χ1) is 18.5. The number of hydrogen-bond donors (Lipinski definition) is 1. The molecule has 3 aromatic rings. The molecule has 0 radical (unpaired) electrons. The Kier molecular flexibility index (Phi) is 5.96. The number of benzene rings is 1. The first kappa shape index (κ1) is 25.8. The summed E-state index contributed by atoms with van der Waals surface area (Å²) in [5.41, 5.74) is 4.59. The number of carboxylic acid groups (broad SMARTS) is 1. The van der Waals surface area contributed by atoms with Gasteiger partial charge < -0.3 is 14.7 Å². The van der Waals surface area contributed by atoms with E-state index in [1.807, 2.05) is 52.1 Å². The summed E-state index contributed by atoms with van der Waals surface area (Å²) in [5.74, 6) is -0.671. The zero-order chi connectivity index (χ0) is 27.8. The molecule has 39 heavy (non-hydrogen) atoms. The van der Waals surface area contributed by atoms with E-state index >= 15 is 0 Å². The van der Waals surface area contributed by atoms with Gasteiger partial charge in [0.05, 0.1) is 54.9 Å². The number of hydrogen-bond acceptors (Lipinski definition) is 6. The van der Waals surface area contributed by atoms with E-state index in [1.54, 1.807) is 4.52 Å². The highest BCUT2D eigenvalue weighted by molar-refractivity contribution is 6.31. The maximum atomic E-state index is 12.9. The van der Waals surface area contributed by atoms with Gasteiger partial charge >= 0.3 is 6.09 Å². The van der Waals surface area contributed by atoms with E-state index < -0.39 is 6.09 Å². The summed E-state index contributed by atoms with van der Waals surface area (Å²) in [6.45, 7) is 8.55. The molecule has 2 aliphatic heterocycles. The molecule has 4 heterocycles. The number of aromatic nitrogens is 3. The van der Waals surface area contributed by atoms with E-state index in [9.17, 15) is 19.5 Å². The van der Waals surface area contributed by atoms with Crippen LogP contribution in [0, 0.1) is 24.2 Å². The predicted molar refractivity (Wildman–Crippen MR) is 142 cm³/mol. The summed E-state index contributed by atoms with van der Waals surface area (Å²) in [6.07, 6.45) is 2.24. The fraction of sp³-hybridized carbons (Fsp3) is 0.464. The number of nitrogens with zero attached hydrogens (tertiary/aromatic N) is 5. The van der Waals surface area contributed by atoms with E-state index in [0.717, 1.165) is 22.3 Å². The number of likely N-dealkylation sites (tertiary alicyclic amines) is 1. The third kappa shape index (κ3) is 4.26. The van der Waals surface area contributed by atoms with Crippen molar-refractivity contribution >= 4 is 35.0 Å². The van der Waals surface area contributed by atoms with Crippen molar-refractivity contribution < 1.29 is 24.2 Å². The molecule has 0 bridgehead atoms. The van der Waals surface area contributed by atoms with Crippen LogP contribution in [-0.4, -0.2) is 72.7 Å². The van der Waals surface area contributed by atoms with Crippen LogP contribution in [0.25, 0.3) is 16.8 Å². The Morgan fingerprint density at radius 3 is 2.59 bits per heavy atom. The molecule has 3 unspecified atom stereocenters. The molecule has 10 nitrogen and oxygen atoms in total. The number of fused-ring (bicyclic) bond motifs is 2. The topological polar surface area (TPSA) is 117 Å². The third-order valence-electron chi connectivity index (χ3n) is 8.42. The van der Waals surface area contributed by atoms with Gasteiger partial charge in [-0.05, 0) is 54.2 Å². The molecule has 2 aromatic heterocycles. The van der Waals surface area contributed by atoms with Crippen LogP contribution < -0.4 is 0 Å². The van der Waals surface area contributed by atoms with Crippen molar-refractivity contribution in [3.8, 4) is 11.3 Å². The Morgan fingerprint density at radius 1 is 1.18 bits per heavy atom. The molecule has 2 saturated heterocycles. The zero-order valence-electron chi connectivity index (χ0n) is 22.2. The molecule has 11 heteroatoms. The Morgan fingerprint density at radius 2 is 1.90 bits per heavy atom. The van der Waals surface area contributed by atoms with Crippen LogP contribution in [0.4, 0.5) is 4.79 Å². The number of amides is 3. The lowest BCUT2D eigenvalue weighted by Gasteiger charge is -2.35. The second-order valence-corrected chi connectivity index (χ2v) is 12.0. The van der Waals surface area contributed by atoms with Crippen molar-refractivity contribution in [2.24, 2.45) is 17.3 Å². The maximum Gasteiger partial charge on any atom is 0.407 e. The van der Waals surface area contributed by atoms with Crippen LogP contribution in [0.5, 0.6) is 0 Å². The van der Waals surface area contributed by atoms with Gasteiger partial charge in [-0.25, -0.2) is 14.3 Å². The molecule has 204 valence electrons. The fourth-order valence-electron chi connectivity index (χ4n) is 6.42. The van der Waals surface area contributed by atoms with Gasteiger partial charge in [0.1, 0.15) is 6.33 Å². The van der Waals surface area contributed by atoms with Gasteiger partial charge in [0.15, 0.2) is 0 Å². The zero-order valence-corrected chi connectivity index (χ0v) is 23.0. The van der Waals surface area contributed by atoms with E-state index in [1.165, 1.54) is 16.1 Å². The molecule has 6 rings (SSSR count). The quantitative estimate of drug-likeness (QED) is 0.479. The number of carbonyl (C=O) groups is 3. The number of ether oxygens (including phenoxy) is 1. The van der Waals surface area contributed by atoms with Gasteiger partial charge in [-0.15, -0.1) is 0 Å². The van der Waals surface area contributed by atoms with Gasteiger partial charge in [0, 0.05) is 23.2 Å². The highest BCUT2D eigenvalue weighted by Crippen LogP contribution is 2.63. The predicted octanol–water partition coefficient (Wildman–Crippen LogP) is 3.81. The molecule has 1 N–H and O–H groups in total. The number of halogens is 1. The second kappa shape index (κ2) is 9.02. The number of rotatable bonds is 5. The number of imide groups is 1. The largest absolute Gasteiger partial charge is 0.465 e. The Balaban J connectivity index is 1.33. The first-order valence-corrected chi connectivity index (χ1v) is 13.4. The first-order valence-electron chi connectivity index (χ1n) is 13.1.